The van der Waals surface area contributed by atoms with E-state index in [1.165, 1.54) is 12.1 Å². The Labute approximate surface area is 167 Å². The molecule has 0 bridgehead atoms. The number of hydrogen-bond donors (Lipinski definition) is 1. The summed E-state index contributed by atoms with van der Waals surface area (Å²) in [5.74, 6) is 0.209. The number of piperidine rings is 1. The van der Waals surface area contributed by atoms with Crippen molar-refractivity contribution in [1.82, 2.24) is 14.9 Å². The highest BCUT2D eigenvalue weighted by Crippen LogP contribution is 2.26. The van der Waals surface area contributed by atoms with Gasteiger partial charge in [-0.1, -0.05) is 23.7 Å². The summed E-state index contributed by atoms with van der Waals surface area (Å²) >= 11 is 6.11. The monoisotopic (exact) mass is 399 g/mol. The largest absolute Gasteiger partial charge is 0.487 e. The van der Waals surface area contributed by atoms with E-state index < -0.39 is 0 Å². The first-order valence-electron chi connectivity index (χ1n) is 9.10. The van der Waals surface area contributed by atoms with Crippen LogP contribution in [0.5, 0.6) is 5.75 Å². The fourth-order valence-electron chi connectivity index (χ4n) is 3.35. The lowest BCUT2D eigenvalue weighted by molar-refractivity contribution is 0.0533. The van der Waals surface area contributed by atoms with Crippen molar-refractivity contribution in [2.45, 2.75) is 18.9 Å². The van der Waals surface area contributed by atoms with E-state index in [2.05, 4.69) is 9.97 Å². The number of ether oxygens (including phenoxy) is 1. The molecule has 3 heterocycles. The van der Waals surface area contributed by atoms with Gasteiger partial charge in [-0.15, -0.1) is 0 Å². The summed E-state index contributed by atoms with van der Waals surface area (Å²) < 4.78 is 19.1. The van der Waals surface area contributed by atoms with E-state index in [-0.39, 0.29) is 17.8 Å². The molecule has 4 rings (SSSR count). The molecule has 3 aromatic rings. The van der Waals surface area contributed by atoms with Crippen LogP contribution in [0.1, 0.15) is 23.3 Å². The summed E-state index contributed by atoms with van der Waals surface area (Å²) in [5, 5.41) is 0.458. The molecular weight excluding hydrogens is 381 g/mol. The van der Waals surface area contributed by atoms with Gasteiger partial charge >= 0.3 is 0 Å². The molecule has 0 unspecified atom stereocenters. The number of aromatic amines is 1. The highest BCUT2D eigenvalue weighted by atomic mass is 35.5. The first kappa shape index (κ1) is 18.5. The van der Waals surface area contributed by atoms with Crippen LogP contribution in [0.2, 0.25) is 5.02 Å². The smallest absolute Gasteiger partial charge is 0.270 e. The number of benzene rings is 1. The van der Waals surface area contributed by atoms with Crippen LogP contribution in [0.3, 0.4) is 0 Å². The molecule has 5 nitrogen and oxygen atoms in total. The number of H-pyrrole nitrogens is 1. The molecule has 1 fully saturated rings. The van der Waals surface area contributed by atoms with Gasteiger partial charge in [-0.25, -0.2) is 4.39 Å². The molecule has 1 amide bonds. The molecule has 0 aliphatic carbocycles. The molecular formula is C21H19ClFN3O2. The van der Waals surface area contributed by atoms with Gasteiger partial charge in [0.1, 0.15) is 28.4 Å². The van der Waals surface area contributed by atoms with Gasteiger partial charge in [-0.2, -0.15) is 0 Å². The molecule has 1 aromatic carbocycles. The van der Waals surface area contributed by atoms with Crippen LogP contribution in [-0.4, -0.2) is 40.0 Å². The predicted molar refractivity (Wildman–Crippen MR) is 105 cm³/mol. The van der Waals surface area contributed by atoms with Crippen LogP contribution in [0.15, 0.2) is 55.0 Å². The van der Waals surface area contributed by atoms with Crippen molar-refractivity contribution in [3.05, 3.63) is 71.5 Å². The summed E-state index contributed by atoms with van der Waals surface area (Å²) in [4.78, 5) is 21.7. The molecule has 7 heteroatoms. The van der Waals surface area contributed by atoms with Crippen molar-refractivity contribution in [3.8, 4) is 16.9 Å². The van der Waals surface area contributed by atoms with Crippen LogP contribution < -0.4 is 4.74 Å². The zero-order chi connectivity index (χ0) is 19.5. The van der Waals surface area contributed by atoms with Gasteiger partial charge in [0.2, 0.25) is 0 Å². The number of carbonyl (C=O) groups is 1. The number of amides is 1. The maximum atomic E-state index is 13.1. The van der Waals surface area contributed by atoms with Crippen molar-refractivity contribution in [2.75, 3.05) is 13.1 Å². The van der Waals surface area contributed by atoms with E-state index in [0.717, 1.165) is 24.0 Å². The van der Waals surface area contributed by atoms with Crippen molar-refractivity contribution in [1.29, 1.82) is 0 Å². The van der Waals surface area contributed by atoms with E-state index >= 15 is 0 Å². The minimum atomic E-state index is -0.288. The Morgan fingerprint density at radius 2 is 2.07 bits per heavy atom. The van der Waals surface area contributed by atoms with E-state index in [0.29, 0.717) is 29.6 Å². The number of rotatable bonds is 4. The number of likely N-dealkylation sites (tertiary alicyclic amines) is 1. The Kier molecular flexibility index (Phi) is 5.30. The number of halogens is 2. The normalized spacial score (nSPS) is 16.8. The molecule has 28 heavy (non-hydrogen) atoms. The minimum Gasteiger partial charge on any atom is -0.487 e. The maximum Gasteiger partial charge on any atom is 0.270 e. The zero-order valence-electron chi connectivity index (χ0n) is 15.1. The standard InChI is InChI=1S/C21H19ClFN3O2/c22-18-12-24-8-7-20(18)28-17-2-1-9-26(13-17)21(27)19-10-15(11-25-19)14-3-5-16(23)6-4-14/h3-8,10-12,17,25H,1-2,9,13H2/t17-/m0/s1. The van der Waals surface area contributed by atoms with Crippen LogP contribution in [-0.2, 0) is 0 Å². The summed E-state index contributed by atoms with van der Waals surface area (Å²) in [7, 11) is 0. The van der Waals surface area contributed by atoms with Crippen LogP contribution >= 0.6 is 11.6 Å². The highest BCUT2D eigenvalue weighted by Gasteiger charge is 2.27. The fraction of sp³-hybridized carbons (Fsp3) is 0.238. The highest BCUT2D eigenvalue weighted by molar-refractivity contribution is 6.31. The molecule has 1 aliphatic heterocycles. The van der Waals surface area contributed by atoms with E-state index in [4.69, 9.17) is 16.3 Å². The Morgan fingerprint density at radius 1 is 1.25 bits per heavy atom. The van der Waals surface area contributed by atoms with Gasteiger partial charge in [-0.05, 0) is 42.2 Å². The molecule has 1 aliphatic rings. The molecule has 1 N–H and O–H groups in total. The van der Waals surface area contributed by atoms with Gasteiger partial charge in [0, 0.05) is 31.2 Å². The second kappa shape index (κ2) is 8.02. The Morgan fingerprint density at radius 3 is 2.86 bits per heavy atom. The van der Waals surface area contributed by atoms with Gasteiger partial charge in [0.25, 0.3) is 5.91 Å². The lowest BCUT2D eigenvalue weighted by Gasteiger charge is -2.32. The summed E-state index contributed by atoms with van der Waals surface area (Å²) in [5.41, 5.74) is 2.20. The third-order valence-electron chi connectivity index (χ3n) is 4.79. The van der Waals surface area contributed by atoms with Crippen molar-refractivity contribution < 1.29 is 13.9 Å². The zero-order valence-corrected chi connectivity index (χ0v) is 15.8. The second-order valence-corrected chi connectivity index (χ2v) is 7.16. The van der Waals surface area contributed by atoms with Crippen molar-refractivity contribution in [2.24, 2.45) is 0 Å². The van der Waals surface area contributed by atoms with Gasteiger partial charge < -0.3 is 14.6 Å². The molecule has 2 aromatic heterocycles. The molecule has 1 saturated heterocycles. The van der Waals surface area contributed by atoms with E-state index in [9.17, 15) is 9.18 Å². The molecule has 0 spiro atoms. The number of carbonyl (C=O) groups excluding carboxylic acids is 1. The van der Waals surface area contributed by atoms with Crippen LogP contribution in [0, 0.1) is 5.82 Å². The lowest BCUT2D eigenvalue weighted by Crippen LogP contribution is -2.44. The maximum absolute atomic E-state index is 13.1. The molecule has 0 saturated carbocycles. The van der Waals surface area contributed by atoms with Crippen molar-refractivity contribution >= 4 is 17.5 Å². The minimum absolute atomic E-state index is 0.0810. The molecule has 1 atom stereocenters. The third kappa shape index (κ3) is 4.02. The summed E-state index contributed by atoms with van der Waals surface area (Å²) in [6.07, 6.45) is 6.51. The number of nitrogens with zero attached hydrogens (tertiary/aromatic N) is 2. The SMILES string of the molecule is O=C(c1cc(-c2ccc(F)cc2)c[nH]1)N1CCC[C@H](Oc2ccncc2Cl)C1. The fourth-order valence-corrected chi connectivity index (χ4v) is 3.52. The number of pyridine rings is 1. The average molecular weight is 400 g/mol. The van der Waals surface area contributed by atoms with Gasteiger partial charge in [0.15, 0.2) is 0 Å². The predicted octanol–water partition coefficient (Wildman–Crippen LogP) is 4.55. The van der Waals surface area contributed by atoms with Crippen molar-refractivity contribution in [3.63, 3.8) is 0 Å². The quantitative estimate of drug-likeness (QED) is 0.700. The van der Waals surface area contributed by atoms with Gasteiger partial charge in [0.05, 0.1) is 6.54 Å². The lowest BCUT2D eigenvalue weighted by atomic mass is 10.1. The summed E-state index contributed by atoms with van der Waals surface area (Å²) in [6, 6.07) is 9.70. The second-order valence-electron chi connectivity index (χ2n) is 6.75. The number of nitrogens with one attached hydrogen (secondary N) is 1. The molecule has 0 radical (unpaired) electrons. The topological polar surface area (TPSA) is 58.2 Å². The van der Waals surface area contributed by atoms with E-state index in [1.54, 1.807) is 47.8 Å². The van der Waals surface area contributed by atoms with Gasteiger partial charge in [-0.3, -0.25) is 9.78 Å². The van der Waals surface area contributed by atoms with Crippen LogP contribution in [0.25, 0.3) is 11.1 Å². The Bertz CT molecular complexity index is 974. The third-order valence-corrected chi connectivity index (χ3v) is 5.07. The van der Waals surface area contributed by atoms with E-state index in [1.807, 2.05) is 0 Å². The average Bonchev–Trinajstić information content (AvgIpc) is 3.20. The van der Waals surface area contributed by atoms with Crippen LogP contribution in [0.4, 0.5) is 4.39 Å². The first-order valence-corrected chi connectivity index (χ1v) is 9.48. The molecule has 144 valence electrons. The first-order chi connectivity index (χ1) is 13.6. The number of aromatic nitrogens is 2. The number of hydrogen-bond acceptors (Lipinski definition) is 3. The Hall–Kier alpha value is -2.86. The summed E-state index contributed by atoms with van der Waals surface area (Å²) in [6.45, 7) is 1.16. The Balaban J connectivity index is 1.44.